The van der Waals surface area contributed by atoms with Crippen LogP contribution in [0.25, 0.3) is 0 Å². The fourth-order valence-electron chi connectivity index (χ4n) is 2.35. The molecule has 0 aromatic carbocycles. The maximum Gasteiger partial charge on any atom is 0.106 e. The van der Waals surface area contributed by atoms with Crippen molar-refractivity contribution in [3.05, 3.63) is 17.2 Å². The highest BCUT2D eigenvalue weighted by molar-refractivity contribution is 5.19. The average molecular weight is 203 g/mol. The molecule has 15 heavy (non-hydrogen) atoms. The van der Waals surface area contributed by atoms with E-state index in [-0.39, 0.29) is 0 Å². The first-order valence-electron chi connectivity index (χ1n) is 5.74. The second-order valence-electron chi connectivity index (χ2n) is 4.17. The molecule has 0 aliphatic heterocycles. The predicted octanol–water partition coefficient (Wildman–Crippen LogP) is 2.37. The number of imidazole rings is 1. The molecule has 1 heterocycles. The van der Waals surface area contributed by atoms with Crippen molar-refractivity contribution < 1.29 is 0 Å². The van der Waals surface area contributed by atoms with Crippen molar-refractivity contribution in [1.82, 2.24) is 9.55 Å². The molecular formula is C12H17N3. The van der Waals surface area contributed by atoms with Gasteiger partial charge in [-0.15, -0.1) is 0 Å². The van der Waals surface area contributed by atoms with E-state index in [4.69, 9.17) is 5.26 Å². The molecule has 1 aromatic rings. The number of fused-ring (bicyclic) bond motifs is 1. The Morgan fingerprint density at radius 2 is 2.20 bits per heavy atom. The number of aryl methyl sites for hydroxylation is 2. The normalized spacial score (nSPS) is 14.7. The fourth-order valence-corrected chi connectivity index (χ4v) is 2.35. The smallest absolute Gasteiger partial charge is 0.106 e. The van der Waals surface area contributed by atoms with Gasteiger partial charge in [-0.3, -0.25) is 0 Å². The molecule has 0 saturated carbocycles. The summed E-state index contributed by atoms with van der Waals surface area (Å²) in [5, 5.41) is 8.53. The molecule has 3 heteroatoms. The Labute approximate surface area is 90.7 Å². The zero-order chi connectivity index (χ0) is 10.7. The van der Waals surface area contributed by atoms with Gasteiger partial charge in [0.1, 0.15) is 5.82 Å². The summed E-state index contributed by atoms with van der Waals surface area (Å²) in [5.74, 6) is 1.12. The molecule has 0 bridgehead atoms. The van der Waals surface area contributed by atoms with Crippen molar-refractivity contribution in [3.8, 4) is 6.07 Å². The van der Waals surface area contributed by atoms with Gasteiger partial charge in [-0.05, 0) is 39.0 Å². The molecule has 0 spiro atoms. The molecule has 1 aliphatic rings. The summed E-state index contributed by atoms with van der Waals surface area (Å²) in [4.78, 5) is 4.61. The highest BCUT2D eigenvalue weighted by Crippen LogP contribution is 2.22. The maximum atomic E-state index is 8.53. The summed E-state index contributed by atoms with van der Waals surface area (Å²) in [7, 11) is 0. The Bertz CT molecular complexity index is 384. The van der Waals surface area contributed by atoms with Crippen molar-refractivity contribution in [1.29, 1.82) is 5.26 Å². The van der Waals surface area contributed by atoms with E-state index in [9.17, 15) is 0 Å². The zero-order valence-electron chi connectivity index (χ0n) is 9.29. The fraction of sp³-hybridized carbons (Fsp3) is 0.667. The number of rotatable bonds is 3. The molecule has 1 aliphatic carbocycles. The molecule has 0 saturated heterocycles. The molecule has 0 N–H and O–H groups in total. The van der Waals surface area contributed by atoms with E-state index in [1.54, 1.807) is 0 Å². The van der Waals surface area contributed by atoms with Gasteiger partial charge < -0.3 is 4.57 Å². The first kappa shape index (κ1) is 10.2. The van der Waals surface area contributed by atoms with E-state index in [0.717, 1.165) is 25.2 Å². The molecule has 1 aromatic heterocycles. The lowest BCUT2D eigenvalue weighted by Crippen LogP contribution is -2.09. The van der Waals surface area contributed by atoms with Crippen LogP contribution in [-0.4, -0.2) is 9.55 Å². The quantitative estimate of drug-likeness (QED) is 0.708. The first-order chi connectivity index (χ1) is 7.33. The van der Waals surface area contributed by atoms with Crippen molar-refractivity contribution >= 4 is 0 Å². The van der Waals surface area contributed by atoms with Gasteiger partial charge in [-0.25, -0.2) is 4.98 Å². The van der Waals surface area contributed by atoms with Gasteiger partial charge in [-0.2, -0.15) is 5.26 Å². The number of hydrogen-bond acceptors (Lipinski definition) is 2. The highest BCUT2D eigenvalue weighted by atomic mass is 15.1. The summed E-state index contributed by atoms with van der Waals surface area (Å²) in [5.41, 5.74) is 2.73. The third kappa shape index (κ3) is 2.04. The van der Waals surface area contributed by atoms with Crippen molar-refractivity contribution in [3.63, 3.8) is 0 Å². The summed E-state index contributed by atoms with van der Waals surface area (Å²) in [6.07, 6.45) is 6.47. The molecular weight excluding hydrogens is 186 g/mol. The van der Waals surface area contributed by atoms with Crippen LogP contribution in [0.15, 0.2) is 0 Å². The molecule has 0 amide bonds. The standard InChI is InChI=1S/C12H17N3/c1-10-14-11-6-2-3-7-12(11)15(10)9-5-4-8-13/h2-7,9H2,1H3. The van der Waals surface area contributed by atoms with Gasteiger partial charge in [0.15, 0.2) is 0 Å². The van der Waals surface area contributed by atoms with Crippen molar-refractivity contribution in [2.75, 3.05) is 0 Å². The average Bonchev–Trinajstić information content (AvgIpc) is 2.56. The lowest BCUT2D eigenvalue weighted by atomic mass is 10.0. The summed E-state index contributed by atoms with van der Waals surface area (Å²) >= 11 is 0. The van der Waals surface area contributed by atoms with Gasteiger partial charge in [-0.1, -0.05) is 0 Å². The SMILES string of the molecule is Cc1nc2c(n1CCCC#N)CCCC2. The minimum Gasteiger partial charge on any atom is -0.332 e. The van der Waals surface area contributed by atoms with E-state index < -0.39 is 0 Å². The molecule has 0 radical (unpaired) electrons. The monoisotopic (exact) mass is 203 g/mol. The van der Waals surface area contributed by atoms with Gasteiger partial charge in [0, 0.05) is 18.7 Å². The Morgan fingerprint density at radius 3 is 3.00 bits per heavy atom. The molecule has 0 unspecified atom stereocenters. The van der Waals surface area contributed by atoms with E-state index in [1.807, 2.05) is 0 Å². The maximum absolute atomic E-state index is 8.53. The summed E-state index contributed by atoms with van der Waals surface area (Å²) in [6, 6.07) is 2.20. The number of nitrogens with zero attached hydrogens (tertiary/aromatic N) is 3. The van der Waals surface area contributed by atoms with E-state index in [1.165, 1.54) is 30.7 Å². The molecule has 0 atom stereocenters. The van der Waals surface area contributed by atoms with Crippen LogP contribution in [0.2, 0.25) is 0 Å². The van der Waals surface area contributed by atoms with Crippen LogP contribution in [0.3, 0.4) is 0 Å². The lowest BCUT2D eigenvalue weighted by Gasteiger charge is -2.14. The second kappa shape index (κ2) is 4.48. The van der Waals surface area contributed by atoms with Gasteiger partial charge in [0.2, 0.25) is 0 Å². The number of nitriles is 1. The topological polar surface area (TPSA) is 41.6 Å². The van der Waals surface area contributed by atoms with Crippen LogP contribution in [0.5, 0.6) is 0 Å². The second-order valence-corrected chi connectivity index (χ2v) is 4.17. The molecule has 80 valence electrons. The van der Waals surface area contributed by atoms with Crippen LogP contribution in [0.1, 0.15) is 42.9 Å². The van der Waals surface area contributed by atoms with E-state index >= 15 is 0 Å². The Balaban J connectivity index is 2.15. The number of unbranched alkanes of at least 4 members (excludes halogenated alkanes) is 1. The summed E-state index contributed by atoms with van der Waals surface area (Å²) < 4.78 is 2.31. The van der Waals surface area contributed by atoms with E-state index in [2.05, 4.69) is 22.5 Å². The Morgan fingerprint density at radius 1 is 1.40 bits per heavy atom. The zero-order valence-corrected chi connectivity index (χ0v) is 9.29. The largest absolute Gasteiger partial charge is 0.332 e. The van der Waals surface area contributed by atoms with Gasteiger partial charge in [0.05, 0.1) is 11.8 Å². The van der Waals surface area contributed by atoms with Crippen LogP contribution in [0, 0.1) is 18.3 Å². The minimum absolute atomic E-state index is 0.645. The first-order valence-corrected chi connectivity index (χ1v) is 5.74. The highest BCUT2D eigenvalue weighted by Gasteiger charge is 2.17. The number of aromatic nitrogens is 2. The third-order valence-electron chi connectivity index (χ3n) is 3.09. The predicted molar refractivity (Wildman–Crippen MR) is 58.5 cm³/mol. The third-order valence-corrected chi connectivity index (χ3v) is 3.09. The van der Waals surface area contributed by atoms with Gasteiger partial charge >= 0.3 is 0 Å². The van der Waals surface area contributed by atoms with Crippen LogP contribution >= 0.6 is 0 Å². The molecule has 3 nitrogen and oxygen atoms in total. The lowest BCUT2D eigenvalue weighted by molar-refractivity contribution is 0.578. The van der Waals surface area contributed by atoms with Crippen molar-refractivity contribution in [2.24, 2.45) is 0 Å². The summed E-state index contributed by atoms with van der Waals surface area (Å²) in [6.45, 7) is 3.03. The van der Waals surface area contributed by atoms with Crippen LogP contribution in [0.4, 0.5) is 0 Å². The number of hydrogen-bond donors (Lipinski definition) is 0. The Kier molecular flexibility index (Phi) is 3.05. The van der Waals surface area contributed by atoms with Crippen molar-refractivity contribution in [2.45, 2.75) is 52.0 Å². The molecule has 0 fully saturated rings. The van der Waals surface area contributed by atoms with Gasteiger partial charge in [0.25, 0.3) is 0 Å². The Hall–Kier alpha value is -1.30. The minimum atomic E-state index is 0.645. The van der Waals surface area contributed by atoms with Crippen LogP contribution in [-0.2, 0) is 19.4 Å². The van der Waals surface area contributed by atoms with Crippen LogP contribution < -0.4 is 0 Å². The molecule has 2 rings (SSSR count). The van der Waals surface area contributed by atoms with E-state index in [0.29, 0.717) is 6.42 Å².